The van der Waals surface area contributed by atoms with E-state index in [9.17, 15) is 13.2 Å². The molecule has 0 radical (unpaired) electrons. The van der Waals surface area contributed by atoms with Crippen molar-refractivity contribution in [3.05, 3.63) is 53.6 Å². The highest BCUT2D eigenvalue weighted by Gasteiger charge is 2.53. The highest BCUT2D eigenvalue weighted by atomic mass is 19.4. The molecule has 2 aliphatic carbocycles. The fourth-order valence-corrected chi connectivity index (χ4v) is 6.16. The van der Waals surface area contributed by atoms with Crippen LogP contribution in [0.4, 0.5) is 13.2 Å². The quantitative estimate of drug-likeness (QED) is 0.625. The molecule has 2 fully saturated rings. The zero-order chi connectivity index (χ0) is 23.8. The van der Waals surface area contributed by atoms with Gasteiger partial charge in [0.1, 0.15) is 5.75 Å². The summed E-state index contributed by atoms with van der Waals surface area (Å²) in [5, 5.41) is 7.12. The molecule has 5 rings (SSSR count). The molecule has 1 N–H and O–H groups in total. The van der Waals surface area contributed by atoms with Crippen molar-refractivity contribution in [1.29, 1.82) is 0 Å². The summed E-state index contributed by atoms with van der Waals surface area (Å²) in [6, 6.07) is 16.6. The van der Waals surface area contributed by atoms with E-state index in [2.05, 4.69) is 54.4 Å². The number of likely N-dealkylation sites (N-methyl/N-ethyl adjacent to an activating group) is 1. The highest BCUT2D eigenvalue weighted by Crippen LogP contribution is 2.55. The van der Waals surface area contributed by atoms with Gasteiger partial charge in [0.25, 0.3) is 0 Å². The normalized spacial score (nSPS) is 26.3. The van der Waals surface area contributed by atoms with Gasteiger partial charge in [-0.25, -0.2) is 4.79 Å². The number of benzene rings is 2. The highest BCUT2D eigenvalue weighted by molar-refractivity contribution is 5.73. The summed E-state index contributed by atoms with van der Waals surface area (Å²) in [5.41, 5.74) is 6.39. The van der Waals surface area contributed by atoms with E-state index in [0.29, 0.717) is 5.41 Å². The monoisotopic (exact) mass is 461 g/mol. The van der Waals surface area contributed by atoms with E-state index >= 15 is 0 Å². The van der Waals surface area contributed by atoms with E-state index < -0.39 is 12.1 Å². The van der Waals surface area contributed by atoms with Crippen molar-refractivity contribution in [3.63, 3.8) is 0 Å². The number of hydrogen-bond acceptors (Lipinski definition) is 3. The zero-order valence-electron chi connectivity index (χ0n) is 19.0. The molecule has 3 aliphatic rings. The van der Waals surface area contributed by atoms with Gasteiger partial charge >= 0.3 is 12.1 Å². The standard InChI is InChI=1S/C24H29NO.C2HF3O2/c1-25-14-13-24-12-4-3-5-21(24)23(25)16-19-7-6-18(15-22(19)24)17-8-10-20(26-2)11-9-17;3-2(4,5)1(6)7/h6-11,15,21,23H,3-5,12-14,16H2,1-2H3;(H,6,7)/t21-,23+,24+;/m0./s1. The summed E-state index contributed by atoms with van der Waals surface area (Å²) >= 11 is 0. The van der Waals surface area contributed by atoms with Gasteiger partial charge in [0.05, 0.1) is 7.11 Å². The van der Waals surface area contributed by atoms with Crippen molar-refractivity contribution >= 4 is 5.97 Å². The first-order chi connectivity index (χ1) is 15.7. The molecular weight excluding hydrogens is 431 g/mol. The topological polar surface area (TPSA) is 49.8 Å². The molecule has 0 spiro atoms. The molecule has 2 bridgehead atoms. The Bertz CT molecular complexity index is 1000. The minimum atomic E-state index is -5.08. The fraction of sp³-hybridized carbons (Fsp3) is 0.500. The molecule has 1 saturated heterocycles. The van der Waals surface area contributed by atoms with Gasteiger partial charge in [-0.2, -0.15) is 13.2 Å². The number of rotatable bonds is 2. The summed E-state index contributed by atoms with van der Waals surface area (Å²) in [7, 11) is 4.08. The van der Waals surface area contributed by atoms with Gasteiger partial charge in [0.2, 0.25) is 0 Å². The van der Waals surface area contributed by atoms with Crippen LogP contribution in [-0.2, 0) is 16.6 Å². The number of ether oxygens (including phenoxy) is 1. The molecular formula is C26H30F3NO3. The van der Waals surface area contributed by atoms with Crippen molar-refractivity contribution in [2.24, 2.45) is 5.92 Å². The lowest BCUT2D eigenvalue weighted by molar-refractivity contribution is -0.192. The second kappa shape index (κ2) is 9.01. The van der Waals surface area contributed by atoms with Crippen molar-refractivity contribution in [2.45, 2.75) is 56.2 Å². The average molecular weight is 462 g/mol. The molecule has 0 aromatic heterocycles. The van der Waals surface area contributed by atoms with Gasteiger partial charge in [-0.3, -0.25) is 0 Å². The predicted octanol–water partition coefficient (Wildman–Crippen LogP) is 5.68. The first kappa shape index (κ1) is 23.6. The van der Waals surface area contributed by atoms with Crippen LogP contribution in [0.5, 0.6) is 5.75 Å². The van der Waals surface area contributed by atoms with Crippen LogP contribution >= 0.6 is 0 Å². The Morgan fingerprint density at radius 2 is 1.76 bits per heavy atom. The van der Waals surface area contributed by atoms with E-state index in [4.69, 9.17) is 14.6 Å². The SMILES string of the molecule is COc1ccc(-c2ccc3c(c2)[C@@]24CCCC[C@H]2[C@@H](C3)N(C)CC4)cc1.O=C(O)C(F)(F)F. The molecule has 178 valence electrons. The van der Waals surface area contributed by atoms with Gasteiger partial charge in [0, 0.05) is 11.5 Å². The molecule has 2 aromatic carbocycles. The molecule has 0 amide bonds. The van der Waals surface area contributed by atoms with Crippen LogP contribution in [0.3, 0.4) is 0 Å². The fourth-order valence-electron chi connectivity index (χ4n) is 6.16. The van der Waals surface area contributed by atoms with Crippen LogP contribution in [0, 0.1) is 5.92 Å². The molecule has 0 unspecified atom stereocenters. The molecule has 3 atom stereocenters. The molecule has 33 heavy (non-hydrogen) atoms. The van der Waals surface area contributed by atoms with Crippen molar-refractivity contribution in [3.8, 4) is 16.9 Å². The maximum absolute atomic E-state index is 10.6. The first-order valence-electron chi connectivity index (χ1n) is 11.4. The molecule has 4 nitrogen and oxygen atoms in total. The predicted molar refractivity (Wildman–Crippen MR) is 120 cm³/mol. The Kier molecular flexibility index (Phi) is 6.45. The lowest BCUT2D eigenvalue weighted by Crippen LogP contribution is -2.59. The van der Waals surface area contributed by atoms with Crippen LogP contribution in [0.25, 0.3) is 11.1 Å². The smallest absolute Gasteiger partial charge is 0.490 e. The van der Waals surface area contributed by atoms with E-state index in [0.717, 1.165) is 17.7 Å². The second-order valence-electron chi connectivity index (χ2n) is 9.41. The maximum atomic E-state index is 10.6. The molecule has 1 aliphatic heterocycles. The Labute approximate surface area is 192 Å². The summed E-state index contributed by atoms with van der Waals surface area (Å²) in [6.45, 7) is 1.26. The van der Waals surface area contributed by atoms with Gasteiger partial charge in [-0.15, -0.1) is 0 Å². The number of methoxy groups -OCH3 is 1. The minimum Gasteiger partial charge on any atom is -0.497 e. The zero-order valence-corrected chi connectivity index (χ0v) is 19.0. The summed E-state index contributed by atoms with van der Waals surface area (Å²) in [6.07, 6.45) is 3.12. The Morgan fingerprint density at radius 3 is 2.39 bits per heavy atom. The minimum absolute atomic E-state index is 0.436. The number of hydrogen-bond donors (Lipinski definition) is 1. The molecule has 1 saturated carbocycles. The third-order valence-corrected chi connectivity index (χ3v) is 7.78. The van der Waals surface area contributed by atoms with Crippen LogP contribution in [0.15, 0.2) is 42.5 Å². The van der Waals surface area contributed by atoms with Gasteiger partial charge < -0.3 is 14.7 Å². The number of fused-ring (bicyclic) bond motifs is 1. The number of carboxylic acid groups (broad SMARTS) is 1. The number of carbonyl (C=O) groups is 1. The maximum Gasteiger partial charge on any atom is 0.490 e. The molecule has 1 heterocycles. The third kappa shape index (κ3) is 4.47. The molecule has 7 heteroatoms. The lowest BCUT2D eigenvalue weighted by atomic mass is 9.52. The van der Waals surface area contributed by atoms with Crippen LogP contribution in [-0.4, -0.2) is 48.9 Å². The van der Waals surface area contributed by atoms with E-state index in [-0.39, 0.29) is 0 Å². The summed E-state index contributed by atoms with van der Waals surface area (Å²) < 4.78 is 37.1. The lowest BCUT2D eigenvalue weighted by Gasteiger charge is -2.58. The largest absolute Gasteiger partial charge is 0.497 e. The average Bonchev–Trinajstić information content (AvgIpc) is 2.81. The van der Waals surface area contributed by atoms with Crippen LogP contribution in [0.2, 0.25) is 0 Å². The number of halogens is 3. The van der Waals surface area contributed by atoms with Gasteiger partial charge in [-0.1, -0.05) is 43.2 Å². The third-order valence-electron chi connectivity index (χ3n) is 7.78. The van der Waals surface area contributed by atoms with Gasteiger partial charge in [0.15, 0.2) is 0 Å². The number of likely N-dealkylation sites (tertiary alicyclic amines) is 1. The van der Waals surface area contributed by atoms with Gasteiger partial charge in [-0.05, 0) is 79.6 Å². The van der Waals surface area contributed by atoms with E-state index in [1.54, 1.807) is 18.2 Å². The van der Waals surface area contributed by atoms with Crippen LogP contribution in [0.1, 0.15) is 43.2 Å². The van der Waals surface area contributed by atoms with E-state index in [1.165, 1.54) is 56.2 Å². The summed E-state index contributed by atoms with van der Waals surface area (Å²) in [5.74, 6) is -0.975. The van der Waals surface area contributed by atoms with Crippen molar-refractivity contribution in [2.75, 3.05) is 20.7 Å². The second-order valence-corrected chi connectivity index (χ2v) is 9.41. The number of piperidine rings is 1. The van der Waals surface area contributed by atoms with Crippen molar-refractivity contribution < 1.29 is 27.8 Å². The first-order valence-corrected chi connectivity index (χ1v) is 11.4. The Hall–Kier alpha value is -2.54. The number of nitrogens with zero attached hydrogens (tertiary/aromatic N) is 1. The van der Waals surface area contributed by atoms with Crippen LogP contribution < -0.4 is 4.74 Å². The Balaban J connectivity index is 0.000000325. The molecule has 2 aromatic rings. The number of carboxylic acids is 1. The van der Waals surface area contributed by atoms with E-state index in [1.807, 2.05) is 0 Å². The Morgan fingerprint density at radius 1 is 1.09 bits per heavy atom. The summed E-state index contributed by atoms with van der Waals surface area (Å²) in [4.78, 5) is 11.5. The number of aliphatic carboxylic acids is 1. The number of alkyl halides is 3. The van der Waals surface area contributed by atoms with Crippen molar-refractivity contribution in [1.82, 2.24) is 4.90 Å².